The number of hydrogen-bond donors (Lipinski definition) is 2. The van der Waals surface area contributed by atoms with Gasteiger partial charge in [-0.3, -0.25) is 9.88 Å². The Morgan fingerprint density at radius 1 is 1.06 bits per heavy atom. The van der Waals surface area contributed by atoms with Gasteiger partial charge in [-0.2, -0.15) is 4.98 Å². The fraction of sp³-hybridized carbons (Fsp3) is 0.208. The van der Waals surface area contributed by atoms with Crippen LogP contribution in [-0.4, -0.2) is 53.2 Å². The lowest BCUT2D eigenvalue weighted by molar-refractivity contribution is 0.0370. The Balaban J connectivity index is 0.00000204. The van der Waals surface area contributed by atoms with Crippen molar-refractivity contribution in [3.63, 3.8) is 0 Å². The summed E-state index contributed by atoms with van der Waals surface area (Å²) < 4.78 is 11.5. The fourth-order valence-corrected chi connectivity index (χ4v) is 3.40. The molecule has 0 unspecified atom stereocenters. The molecule has 1 aromatic carbocycles. The predicted octanol–water partition coefficient (Wildman–Crippen LogP) is 4.84. The summed E-state index contributed by atoms with van der Waals surface area (Å²) in [5, 5.41) is 6.45. The van der Waals surface area contributed by atoms with Crippen molar-refractivity contribution in [3.05, 3.63) is 67.1 Å². The first-order valence-corrected chi connectivity index (χ1v) is 10.2. The number of likely N-dealkylation sites (tertiary alicyclic amines) is 1. The number of methoxy groups -OCH3 is 1. The minimum absolute atomic E-state index is 0. The van der Waals surface area contributed by atoms with E-state index in [1.807, 2.05) is 24.3 Å². The van der Waals surface area contributed by atoms with Gasteiger partial charge in [0.2, 0.25) is 5.95 Å². The van der Waals surface area contributed by atoms with Crippen molar-refractivity contribution < 1.29 is 12.3 Å². The van der Waals surface area contributed by atoms with Crippen LogP contribution in [0.3, 0.4) is 0 Å². The lowest BCUT2D eigenvalue weighted by atomic mass is 10.2. The number of anilines is 4. The molecule has 1 aliphatic heterocycles. The van der Waals surface area contributed by atoms with Gasteiger partial charge in [0.05, 0.1) is 24.7 Å². The van der Waals surface area contributed by atoms with Gasteiger partial charge in [-0.25, -0.2) is 4.98 Å². The van der Waals surface area contributed by atoms with Gasteiger partial charge < -0.3 is 20.1 Å². The van der Waals surface area contributed by atoms with E-state index in [4.69, 9.17) is 9.47 Å². The Bertz CT molecular complexity index is 1140. The van der Waals surface area contributed by atoms with E-state index < -0.39 is 0 Å². The molecule has 0 bridgehead atoms. The van der Waals surface area contributed by atoms with Gasteiger partial charge in [-0.05, 0) is 37.4 Å². The average molecular weight is 435 g/mol. The van der Waals surface area contributed by atoms with Gasteiger partial charge in [0, 0.05) is 39.5 Å². The standard InChI is InChI=1S/C24H26N6O2.2H2/c1-5-16-11-18(13-26-20(16)6-2)27-23-9-10-25-24(29-23)28-17-7-8-21(22(12-17)31-4)32-19-14-30(3)15-19;;/h5-13,19H,1-2,14-15H2,3-4H3,(H2,25,27,28,29);2*1H. The summed E-state index contributed by atoms with van der Waals surface area (Å²) in [5.41, 5.74) is 3.25. The summed E-state index contributed by atoms with van der Waals surface area (Å²) in [6.07, 6.45) is 7.03. The maximum absolute atomic E-state index is 6.01. The van der Waals surface area contributed by atoms with Crippen molar-refractivity contribution in [3.8, 4) is 11.5 Å². The first kappa shape index (κ1) is 21.3. The highest BCUT2D eigenvalue weighted by Crippen LogP contribution is 2.33. The number of aromatic nitrogens is 3. The van der Waals surface area contributed by atoms with E-state index in [2.05, 4.69) is 50.7 Å². The van der Waals surface area contributed by atoms with Gasteiger partial charge in [-0.15, -0.1) is 0 Å². The van der Waals surface area contributed by atoms with Crippen LogP contribution in [0.5, 0.6) is 11.5 Å². The van der Waals surface area contributed by atoms with Crippen LogP contribution in [0, 0.1) is 0 Å². The SMILES string of the molecule is C=Cc1cc(Nc2ccnc(Nc3ccc(OC4CN(C)C4)c(OC)c3)n2)cnc1C=C.[HH].[HH]. The number of hydrogen-bond acceptors (Lipinski definition) is 8. The molecule has 8 nitrogen and oxygen atoms in total. The molecule has 0 radical (unpaired) electrons. The van der Waals surface area contributed by atoms with E-state index in [1.54, 1.807) is 37.7 Å². The van der Waals surface area contributed by atoms with Crippen molar-refractivity contribution in [2.24, 2.45) is 0 Å². The van der Waals surface area contributed by atoms with Crippen LogP contribution in [-0.2, 0) is 0 Å². The van der Waals surface area contributed by atoms with Gasteiger partial charge in [0.15, 0.2) is 11.5 Å². The first-order valence-electron chi connectivity index (χ1n) is 10.2. The average Bonchev–Trinajstić information content (AvgIpc) is 2.79. The van der Waals surface area contributed by atoms with Gasteiger partial charge in [-0.1, -0.05) is 19.2 Å². The minimum Gasteiger partial charge on any atom is -0.493 e. The Morgan fingerprint density at radius 3 is 2.62 bits per heavy atom. The van der Waals surface area contributed by atoms with E-state index in [0.717, 1.165) is 41.5 Å². The highest BCUT2D eigenvalue weighted by molar-refractivity contribution is 5.67. The Labute approximate surface area is 190 Å². The normalized spacial score (nSPS) is 13.7. The lowest BCUT2D eigenvalue weighted by Gasteiger charge is -2.36. The summed E-state index contributed by atoms with van der Waals surface area (Å²) in [6.45, 7) is 9.42. The van der Waals surface area contributed by atoms with Crippen LogP contribution in [0.25, 0.3) is 12.2 Å². The Kier molecular flexibility index (Phi) is 6.32. The molecule has 0 spiro atoms. The zero-order chi connectivity index (χ0) is 22.5. The fourth-order valence-electron chi connectivity index (χ4n) is 3.40. The summed E-state index contributed by atoms with van der Waals surface area (Å²) in [6, 6.07) is 9.40. The van der Waals surface area contributed by atoms with Gasteiger partial charge in [0.1, 0.15) is 11.9 Å². The van der Waals surface area contributed by atoms with Gasteiger partial charge >= 0.3 is 0 Å². The topological polar surface area (TPSA) is 84.4 Å². The highest BCUT2D eigenvalue weighted by atomic mass is 16.5. The van der Waals surface area contributed by atoms with Crippen molar-refractivity contribution in [1.82, 2.24) is 19.9 Å². The van der Waals surface area contributed by atoms with Crippen LogP contribution >= 0.6 is 0 Å². The molecule has 8 heteroatoms. The van der Waals surface area contributed by atoms with Crippen molar-refractivity contribution in [2.45, 2.75) is 6.10 Å². The van der Waals surface area contributed by atoms with Crippen molar-refractivity contribution in [2.75, 3.05) is 37.9 Å². The molecule has 2 N–H and O–H groups in total. The maximum atomic E-state index is 6.01. The molecule has 0 amide bonds. The molecule has 1 aliphatic rings. The molecule has 1 fully saturated rings. The molecule has 0 saturated carbocycles. The Morgan fingerprint density at radius 2 is 1.91 bits per heavy atom. The summed E-state index contributed by atoms with van der Waals surface area (Å²) in [5.74, 6) is 2.46. The lowest BCUT2D eigenvalue weighted by Crippen LogP contribution is -2.51. The molecule has 4 rings (SSSR count). The van der Waals surface area contributed by atoms with Crippen LogP contribution < -0.4 is 20.1 Å². The van der Waals surface area contributed by atoms with Crippen LogP contribution in [0.4, 0.5) is 23.1 Å². The quantitative estimate of drug-likeness (QED) is 0.495. The van der Waals surface area contributed by atoms with Crippen LogP contribution in [0.1, 0.15) is 14.1 Å². The number of nitrogens with zero attached hydrogens (tertiary/aromatic N) is 4. The van der Waals surface area contributed by atoms with E-state index in [9.17, 15) is 0 Å². The number of rotatable bonds is 9. The smallest absolute Gasteiger partial charge is 0.229 e. The molecule has 3 heterocycles. The Hall–Kier alpha value is -3.91. The molecule has 2 aromatic heterocycles. The molecule has 32 heavy (non-hydrogen) atoms. The molecule has 168 valence electrons. The monoisotopic (exact) mass is 434 g/mol. The first-order chi connectivity index (χ1) is 15.6. The molecular weight excluding hydrogens is 404 g/mol. The number of benzene rings is 1. The number of pyridine rings is 1. The van der Waals surface area contributed by atoms with E-state index in [-0.39, 0.29) is 8.96 Å². The summed E-state index contributed by atoms with van der Waals surface area (Å²) in [4.78, 5) is 15.4. The second-order valence-corrected chi connectivity index (χ2v) is 7.45. The van der Waals surface area contributed by atoms with E-state index >= 15 is 0 Å². The highest BCUT2D eigenvalue weighted by Gasteiger charge is 2.25. The van der Waals surface area contributed by atoms with E-state index in [1.165, 1.54) is 0 Å². The second-order valence-electron chi connectivity index (χ2n) is 7.45. The molecular formula is C24H30N6O2. The minimum atomic E-state index is 0. The van der Waals surface area contributed by atoms with Crippen LogP contribution in [0.2, 0.25) is 0 Å². The third kappa shape index (κ3) is 4.87. The number of ether oxygens (including phenoxy) is 2. The number of nitrogens with one attached hydrogen (secondary N) is 2. The van der Waals surface area contributed by atoms with E-state index in [0.29, 0.717) is 17.5 Å². The predicted molar refractivity (Wildman–Crippen MR) is 132 cm³/mol. The number of likely N-dealkylation sites (N-methyl/N-ethyl adjacent to an activating group) is 1. The molecule has 1 saturated heterocycles. The van der Waals surface area contributed by atoms with Gasteiger partial charge in [0.25, 0.3) is 0 Å². The third-order valence-electron chi connectivity index (χ3n) is 5.03. The second kappa shape index (κ2) is 9.49. The largest absolute Gasteiger partial charge is 0.493 e. The zero-order valence-electron chi connectivity index (χ0n) is 18.2. The van der Waals surface area contributed by atoms with Crippen molar-refractivity contribution >= 4 is 35.3 Å². The molecule has 3 aromatic rings. The summed E-state index contributed by atoms with van der Waals surface area (Å²) in [7, 11) is 3.70. The van der Waals surface area contributed by atoms with Crippen molar-refractivity contribution in [1.29, 1.82) is 0 Å². The molecule has 0 aliphatic carbocycles. The zero-order valence-corrected chi connectivity index (χ0v) is 18.2. The third-order valence-corrected chi connectivity index (χ3v) is 5.03. The summed E-state index contributed by atoms with van der Waals surface area (Å²) >= 11 is 0. The van der Waals surface area contributed by atoms with Crippen LogP contribution in [0.15, 0.2) is 55.9 Å². The molecule has 0 atom stereocenters. The maximum Gasteiger partial charge on any atom is 0.229 e.